The first-order chi connectivity index (χ1) is 14.3. The molecule has 7 heteroatoms. The van der Waals surface area contributed by atoms with E-state index in [9.17, 15) is 13.2 Å². The van der Waals surface area contributed by atoms with Gasteiger partial charge in [-0.05, 0) is 37.5 Å². The predicted octanol–water partition coefficient (Wildman–Crippen LogP) is 2.62. The molecule has 1 amide bonds. The molecule has 1 saturated heterocycles. The molecule has 1 heterocycles. The summed E-state index contributed by atoms with van der Waals surface area (Å²) in [5, 5.41) is 0. The van der Waals surface area contributed by atoms with Gasteiger partial charge in [-0.25, -0.2) is 13.1 Å². The molecule has 0 aliphatic carbocycles. The highest BCUT2D eigenvalue weighted by molar-refractivity contribution is 7.89. The molecule has 0 unspecified atom stereocenters. The van der Waals surface area contributed by atoms with Crippen LogP contribution in [0, 0.1) is 20.8 Å². The molecule has 1 aliphatic heterocycles. The summed E-state index contributed by atoms with van der Waals surface area (Å²) in [6.45, 7) is 9.55. The van der Waals surface area contributed by atoms with E-state index < -0.39 is 10.0 Å². The van der Waals surface area contributed by atoms with Crippen LogP contribution in [0.1, 0.15) is 28.7 Å². The van der Waals surface area contributed by atoms with E-state index in [4.69, 9.17) is 0 Å². The van der Waals surface area contributed by atoms with E-state index in [1.165, 1.54) is 5.56 Å². The Balaban J connectivity index is 1.47. The maximum absolute atomic E-state index is 12.7. The second kappa shape index (κ2) is 9.73. The lowest BCUT2D eigenvalue weighted by molar-refractivity contribution is -0.132. The molecule has 0 saturated carbocycles. The topological polar surface area (TPSA) is 69.7 Å². The van der Waals surface area contributed by atoms with E-state index in [-0.39, 0.29) is 18.9 Å². The van der Waals surface area contributed by atoms with Gasteiger partial charge >= 0.3 is 0 Å². The van der Waals surface area contributed by atoms with Gasteiger partial charge in [0.1, 0.15) is 0 Å². The molecule has 3 rings (SSSR count). The van der Waals surface area contributed by atoms with Gasteiger partial charge in [0.2, 0.25) is 15.9 Å². The minimum absolute atomic E-state index is 0.00517. The molecule has 0 aromatic heterocycles. The van der Waals surface area contributed by atoms with Crippen molar-refractivity contribution in [2.45, 2.75) is 38.6 Å². The smallest absolute Gasteiger partial charge is 0.241 e. The van der Waals surface area contributed by atoms with Crippen LogP contribution in [0.25, 0.3) is 0 Å². The molecule has 2 aromatic rings. The first-order valence-corrected chi connectivity index (χ1v) is 11.9. The normalized spacial score (nSPS) is 15.4. The lowest BCUT2D eigenvalue weighted by Gasteiger charge is -2.34. The monoisotopic (exact) mass is 429 g/mol. The Kier molecular flexibility index (Phi) is 7.28. The fraction of sp³-hybridized carbons (Fsp3) is 0.435. The number of hydrogen-bond acceptors (Lipinski definition) is 4. The first kappa shape index (κ1) is 22.5. The quantitative estimate of drug-likeness (QED) is 0.735. The van der Waals surface area contributed by atoms with Crippen LogP contribution < -0.4 is 4.72 Å². The van der Waals surface area contributed by atoms with Gasteiger partial charge in [0.15, 0.2) is 0 Å². The van der Waals surface area contributed by atoms with E-state index in [1.54, 1.807) is 13.8 Å². The minimum Gasteiger partial charge on any atom is -0.340 e. The Morgan fingerprint density at radius 2 is 1.57 bits per heavy atom. The summed E-state index contributed by atoms with van der Waals surface area (Å²) in [5.74, 6) is -0.00517. The summed E-state index contributed by atoms with van der Waals surface area (Å²) >= 11 is 0. The molecule has 1 N–H and O–H groups in total. The summed E-state index contributed by atoms with van der Waals surface area (Å²) in [6, 6.07) is 14.0. The number of amides is 1. The van der Waals surface area contributed by atoms with Gasteiger partial charge in [0, 0.05) is 45.7 Å². The van der Waals surface area contributed by atoms with Crippen LogP contribution in [0.3, 0.4) is 0 Å². The van der Waals surface area contributed by atoms with Crippen molar-refractivity contribution in [3.05, 3.63) is 64.7 Å². The summed E-state index contributed by atoms with van der Waals surface area (Å²) in [7, 11) is -3.64. The number of carbonyl (C=O) groups is 1. The van der Waals surface area contributed by atoms with Crippen LogP contribution in [0.4, 0.5) is 0 Å². The Morgan fingerprint density at radius 1 is 0.967 bits per heavy atom. The Labute approximate surface area is 179 Å². The zero-order chi connectivity index (χ0) is 21.7. The molecule has 1 fully saturated rings. The van der Waals surface area contributed by atoms with Crippen molar-refractivity contribution < 1.29 is 13.2 Å². The van der Waals surface area contributed by atoms with E-state index in [0.29, 0.717) is 18.0 Å². The average Bonchev–Trinajstić information content (AvgIpc) is 2.68. The van der Waals surface area contributed by atoms with Crippen molar-refractivity contribution >= 4 is 15.9 Å². The fourth-order valence-corrected chi connectivity index (χ4v) is 5.59. The molecule has 30 heavy (non-hydrogen) atoms. The van der Waals surface area contributed by atoms with Gasteiger partial charge in [-0.15, -0.1) is 0 Å². The standard InChI is InChI=1S/C23H31N3O3S/c1-18-15-19(2)23(20(3)16-18)30(28,29)24-10-9-22(27)26-13-11-25(12-14-26)17-21-7-5-4-6-8-21/h4-8,15-16,24H,9-14,17H2,1-3H3. The summed E-state index contributed by atoms with van der Waals surface area (Å²) < 4.78 is 28.0. The van der Waals surface area contributed by atoms with Gasteiger partial charge < -0.3 is 4.90 Å². The molecule has 1 aliphatic rings. The maximum atomic E-state index is 12.7. The zero-order valence-electron chi connectivity index (χ0n) is 18.0. The van der Waals surface area contributed by atoms with Crippen LogP contribution in [-0.4, -0.2) is 56.8 Å². The van der Waals surface area contributed by atoms with Gasteiger partial charge in [-0.1, -0.05) is 48.0 Å². The third kappa shape index (κ3) is 5.68. The molecule has 162 valence electrons. The highest BCUT2D eigenvalue weighted by Gasteiger charge is 2.23. The Hall–Kier alpha value is -2.22. The third-order valence-electron chi connectivity index (χ3n) is 5.48. The van der Waals surface area contributed by atoms with Gasteiger partial charge in [-0.3, -0.25) is 9.69 Å². The van der Waals surface area contributed by atoms with Crippen LogP contribution in [0.5, 0.6) is 0 Å². The van der Waals surface area contributed by atoms with E-state index in [2.05, 4.69) is 21.8 Å². The van der Waals surface area contributed by atoms with Crippen LogP contribution in [-0.2, 0) is 21.4 Å². The molecule has 0 bridgehead atoms. The van der Waals surface area contributed by atoms with Crippen LogP contribution >= 0.6 is 0 Å². The molecule has 2 aromatic carbocycles. The van der Waals surface area contributed by atoms with Crippen molar-refractivity contribution in [2.24, 2.45) is 0 Å². The second-order valence-corrected chi connectivity index (χ2v) is 9.72. The number of nitrogens with one attached hydrogen (secondary N) is 1. The fourth-order valence-electron chi connectivity index (χ4n) is 4.11. The number of hydrogen-bond donors (Lipinski definition) is 1. The average molecular weight is 430 g/mol. The maximum Gasteiger partial charge on any atom is 0.241 e. The minimum atomic E-state index is -3.64. The predicted molar refractivity (Wildman–Crippen MR) is 119 cm³/mol. The van der Waals surface area contributed by atoms with E-state index >= 15 is 0 Å². The first-order valence-electron chi connectivity index (χ1n) is 10.4. The van der Waals surface area contributed by atoms with Crippen molar-refractivity contribution in [1.29, 1.82) is 0 Å². The molecule has 6 nitrogen and oxygen atoms in total. The van der Waals surface area contributed by atoms with Gasteiger partial charge in [0.05, 0.1) is 4.90 Å². The number of sulfonamides is 1. The van der Waals surface area contributed by atoms with Crippen LogP contribution in [0.15, 0.2) is 47.4 Å². The van der Waals surface area contributed by atoms with Crippen molar-refractivity contribution in [3.8, 4) is 0 Å². The van der Waals surface area contributed by atoms with Gasteiger partial charge in [-0.2, -0.15) is 0 Å². The number of nitrogens with zero attached hydrogens (tertiary/aromatic N) is 2. The summed E-state index contributed by atoms with van der Waals surface area (Å²) in [4.78, 5) is 17.0. The number of benzene rings is 2. The van der Waals surface area contributed by atoms with Crippen molar-refractivity contribution in [3.63, 3.8) is 0 Å². The second-order valence-electron chi connectivity index (χ2n) is 8.02. The van der Waals surface area contributed by atoms with E-state index in [1.807, 2.05) is 42.2 Å². The number of aryl methyl sites for hydroxylation is 3. The zero-order valence-corrected chi connectivity index (χ0v) is 18.8. The number of carbonyl (C=O) groups excluding carboxylic acids is 1. The molecular weight excluding hydrogens is 398 g/mol. The lowest BCUT2D eigenvalue weighted by atomic mass is 10.1. The SMILES string of the molecule is Cc1cc(C)c(S(=O)(=O)NCCC(=O)N2CCN(Cc3ccccc3)CC2)c(C)c1. The summed E-state index contributed by atoms with van der Waals surface area (Å²) in [5.41, 5.74) is 3.75. The summed E-state index contributed by atoms with van der Waals surface area (Å²) in [6.07, 6.45) is 0.169. The lowest BCUT2D eigenvalue weighted by Crippen LogP contribution is -2.48. The molecule has 0 radical (unpaired) electrons. The van der Waals surface area contributed by atoms with E-state index in [0.717, 1.165) is 36.3 Å². The Bertz CT molecular complexity index is 959. The van der Waals surface area contributed by atoms with Crippen LogP contribution in [0.2, 0.25) is 0 Å². The largest absolute Gasteiger partial charge is 0.340 e. The molecule has 0 spiro atoms. The number of rotatable bonds is 7. The van der Waals surface area contributed by atoms with Crippen molar-refractivity contribution in [1.82, 2.24) is 14.5 Å². The number of piperazine rings is 1. The highest BCUT2D eigenvalue weighted by Crippen LogP contribution is 2.21. The van der Waals surface area contributed by atoms with Crippen molar-refractivity contribution in [2.75, 3.05) is 32.7 Å². The molecular formula is C23H31N3O3S. The molecule has 0 atom stereocenters. The Morgan fingerprint density at radius 3 is 2.17 bits per heavy atom. The highest BCUT2D eigenvalue weighted by atomic mass is 32.2. The van der Waals surface area contributed by atoms with Gasteiger partial charge in [0.25, 0.3) is 0 Å². The third-order valence-corrected chi connectivity index (χ3v) is 7.24.